The molecule has 2 heterocycles. The molecule has 6 nitrogen and oxygen atoms in total. The summed E-state index contributed by atoms with van der Waals surface area (Å²) in [5.41, 5.74) is 3.13. The highest BCUT2D eigenvalue weighted by molar-refractivity contribution is 7.11. The maximum Gasteiger partial charge on any atom is 0.218 e. The third kappa shape index (κ3) is 6.29. The molecule has 152 valence electrons. The minimum absolute atomic E-state index is 0.480. The molecular weight excluding hydrogens is 382 g/mol. The summed E-state index contributed by atoms with van der Waals surface area (Å²) in [6, 6.07) is 14.0. The second kappa shape index (κ2) is 10.6. The van der Waals surface area contributed by atoms with Crippen molar-refractivity contribution in [1.82, 2.24) is 20.6 Å². The molecule has 0 unspecified atom stereocenters. The molecule has 2 aromatic heterocycles. The molecule has 0 radical (unpaired) electrons. The van der Waals surface area contributed by atoms with Gasteiger partial charge in [-0.1, -0.05) is 36.4 Å². The van der Waals surface area contributed by atoms with E-state index in [2.05, 4.69) is 27.5 Å². The van der Waals surface area contributed by atoms with Gasteiger partial charge in [0.2, 0.25) is 5.88 Å². The average Bonchev–Trinajstić information content (AvgIpc) is 3.07. The van der Waals surface area contributed by atoms with Gasteiger partial charge in [-0.3, -0.25) is 0 Å². The lowest BCUT2D eigenvalue weighted by Crippen LogP contribution is -2.36. The smallest absolute Gasteiger partial charge is 0.218 e. The Morgan fingerprint density at radius 2 is 1.93 bits per heavy atom. The van der Waals surface area contributed by atoms with E-state index in [4.69, 9.17) is 9.73 Å². The number of aryl methyl sites for hydroxylation is 2. The monoisotopic (exact) mass is 409 g/mol. The number of pyridine rings is 1. The highest BCUT2D eigenvalue weighted by Gasteiger charge is 2.08. The number of ether oxygens (including phenoxy) is 1. The third-order valence-corrected chi connectivity index (χ3v) is 5.31. The molecule has 0 saturated carbocycles. The van der Waals surface area contributed by atoms with Crippen molar-refractivity contribution in [2.75, 3.05) is 6.54 Å². The summed E-state index contributed by atoms with van der Waals surface area (Å²) in [6.07, 6.45) is 1.74. The third-order valence-electron chi connectivity index (χ3n) is 4.24. The molecule has 0 saturated heterocycles. The van der Waals surface area contributed by atoms with E-state index in [0.29, 0.717) is 25.6 Å². The minimum atomic E-state index is 0.480. The van der Waals surface area contributed by atoms with E-state index in [1.807, 2.05) is 56.3 Å². The summed E-state index contributed by atoms with van der Waals surface area (Å²) >= 11 is 1.71. The number of benzene rings is 1. The Kier molecular flexibility index (Phi) is 7.58. The van der Waals surface area contributed by atoms with Gasteiger partial charge in [0.05, 0.1) is 23.8 Å². The summed E-state index contributed by atoms with van der Waals surface area (Å²) in [7, 11) is 0. The molecule has 29 heavy (non-hydrogen) atoms. The molecule has 0 spiro atoms. The molecule has 0 aliphatic carbocycles. The Hall–Kier alpha value is -2.93. The van der Waals surface area contributed by atoms with Crippen molar-refractivity contribution in [3.8, 4) is 5.88 Å². The average molecular weight is 410 g/mol. The van der Waals surface area contributed by atoms with Gasteiger partial charge in [-0.15, -0.1) is 11.3 Å². The molecule has 0 amide bonds. The molecule has 3 rings (SSSR count). The van der Waals surface area contributed by atoms with Crippen molar-refractivity contribution in [3.63, 3.8) is 0 Å². The zero-order valence-corrected chi connectivity index (χ0v) is 17.9. The molecule has 3 aromatic rings. The number of nitrogens with one attached hydrogen (secondary N) is 2. The van der Waals surface area contributed by atoms with Crippen molar-refractivity contribution < 1.29 is 4.74 Å². The second-order valence-electron chi connectivity index (χ2n) is 6.53. The first-order chi connectivity index (χ1) is 14.2. The van der Waals surface area contributed by atoms with Crippen LogP contribution in [-0.2, 0) is 19.7 Å². The Bertz CT molecular complexity index is 939. The van der Waals surface area contributed by atoms with E-state index >= 15 is 0 Å². The summed E-state index contributed by atoms with van der Waals surface area (Å²) in [5, 5.41) is 7.76. The van der Waals surface area contributed by atoms with Gasteiger partial charge in [-0.25, -0.2) is 15.0 Å². The van der Waals surface area contributed by atoms with Crippen LogP contribution < -0.4 is 15.4 Å². The maximum atomic E-state index is 5.94. The Morgan fingerprint density at radius 1 is 1.10 bits per heavy atom. The van der Waals surface area contributed by atoms with Gasteiger partial charge < -0.3 is 15.4 Å². The lowest BCUT2D eigenvalue weighted by molar-refractivity contribution is 0.290. The van der Waals surface area contributed by atoms with Crippen LogP contribution in [-0.4, -0.2) is 22.5 Å². The lowest BCUT2D eigenvalue weighted by atomic mass is 10.2. The molecule has 0 aliphatic rings. The number of nitrogens with zero attached hydrogens (tertiary/aromatic N) is 3. The quantitative estimate of drug-likeness (QED) is 0.435. The number of hydrogen-bond donors (Lipinski definition) is 2. The molecule has 7 heteroatoms. The summed E-state index contributed by atoms with van der Waals surface area (Å²) in [5.74, 6) is 1.38. The van der Waals surface area contributed by atoms with E-state index in [-0.39, 0.29) is 0 Å². The van der Waals surface area contributed by atoms with E-state index in [1.54, 1.807) is 17.5 Å². The van der Waals surface area contributed by atoms with Crippen LogP contribution in [0.3, 0.4) is 0 Å². The van der Waals surface area contributed by atoms with Crippen molar-refractivity contribution in [2.24, 2.45) is 4.99 Å². The molecule has 0 aliphatic heterocycles. The van der Waals surface area contributed by atoms with Crippen LogP contribution in [0, 0.1) is 13.8 Å². The second-order valence-corrected chi connectivity index (χ2v) is 7.82. The van der Waals surface area contributed by atoms with Crippen LogP contribution in [0.15, 0.2) is 53.7 Å². The summed E-state index contributed by atoms with van der Waals surface area (Å²) < 4.78 is 5.94. The van der Waals surface area contributed by atoms with Gasteiger partial charge in [0.15, 0.2) is 5.96 Å². The van der Waals surface area contributed by atoms with Crippen molar-refractivity contribution in [1.29, 1.82) is 0 Å². The SMILES string of the molecule is CCNC(=NCc1cccnc1OCc1ccccc1)NCc1sc(C)nc1C. The van der Waals surface area contributed by atoms with Crippen LogP contribution in [0.1, 0.15) is 33.6 Å². The predicted molar refractivity (Wildman–Crippen MR) is 118 cm³/mol. The molecule has 2 N–H and O–H groups in total. The number of aliphatic imine (C=N–C) groups is 1. The van der Waals surface area contributed by atoms with E-state index in [1.165, 1.54) is 4.88 Å². The number of rotatable bonds is 8. The Morgan fingerprint density at radius 3 is 2.66 bits per heavy atom. The van der Waals surface area contributed by atoms with Gasteiger partial charge >= 0.3 is 0 Å². The standard InChI is InChI=1S/C22H27N5OS/c1-4-23-22(26-14-20-16(2)27-17(3)29-20)25-13-19-11-8-12-24-21(19)28-15-18-9-6-5-7-10-18/h5-12H,4,13-15H2,1-3H3,(H2,23,25,26). The first-order valence-corrected chi connectivity index (χ1v) is 10.5. The number of hydrogen-bond acceptors (Lipinski definition) is 5. The zero-order chi connectivity index (χ0) is 20.5. The molecule has 1 aromatic carbocycles. The first kappa shape index (κ1) is 20.8. The van der Waals surface area contributed by atoms with Gasteiger partial charge in [-0.2, -0.15) is 0 Å². The van der Waals surface area contributed by atoms with Gasteiger partial charge in [-0.05, 0) is 32.4 Å². The molecule has 0 fully saturated rings. The van der Waals surface area contributed by atoms with E-state index in [0.717, 1.165) is 34.3 Å². The molecule has 0 atom stereocenters. The summed E-state index contributed by atoms with van der Waals surface area (Å²) in [4.78, 5) is 14.8. The normalized spacial score (nSPS) is 11.3. The van der Waals surface area contributed by atoms with Crippen LogP contribution in [0.2, 0.25) is 0 Å². The minimum Gasteiger partial charge on any atom is -0.473 e. The lowest BCUT2D eigenvalue weighted by Gasteiger charge is -2.12. The van der Waals surface area contributed by atoms with Crippen LogP contribution in [0.25, 0.3) is 0 Å². The van der Waals surface area contributed by atoms with E-state index < -0.39 is 0 Å². The number of thiazole rings is 1. The van der Waals surface area contributed by atoms with Gasteiger partial charge in [0.25, 0.3) is 0 Å². The zero-order valence-electron chi connectivity index (χ0n) is 17.1. The fourth-order valence-electron chi connectivity index (χ4n) is 2.81. The van der Waals surface area contributed by atoms with Crippen LogP contribution >= 0.6 is 11.3 Å². The predicted octanol–water partition coefficient (Wildman–Crippen LogP) is 3.99. The van der Waals surface area contributed by atoms with Gasteiger partial charge in [0, 0.05) is 23.2 Å². The van der Waals surface area contributed by atoms with Crippen molar-refractivity contribution in [2.45, 2.75) is 40.5 Å². The Labute approximate surface area is 176 Å². The summed E-state index contributed by atoms with van der Waals surface area (Å²) in [6.45, 7) is 8.57. The van der Waals surface area contributed by atoms with Crippen LogP contribution in [0.5, 0.6) is 5.88 Å². The highest BCUT2D eigenvalue weighted by Crippen LogP contribution is 2.18. The highest BCUT2D eigenvalue weighted by atomic mass is 32.1. The van der Waals surface area contributed by atoms with Crippen molar-refractivity contribution >= 4 is 17.3 Å². The fraction of sp³-hybridized carbons (Fsp3) is 0.318. The number of aromatic nitrogens is 2. The number of guanidine groups is 1. The van der Waals surface area contributed by atoms with Crippen LogP contribution in [0.4, 0.5) is 0 Å². The topological polar surface area (TPSA) is 71.4 Å². The largest absolute Gasteiger partial charge is 0.473 e. The van der Waals surface area contributed by atoms with E-state index in [9.17, 15) is 0 Å². The maximum absolute atomic E-state index is 5.94. The fourth-order valence-corrected chi connectivity index (χ4v) is 3.68. The van der Waals surface area contributed by atoms with Gasteiger partial charge in [0.1, 0.15) is 6.61 Å². The first-order valence-electron chi connectivity index (χ1n) is 9.71. The molecular formula is C22H27N5OS. The molecule has 0 bridgehead atoms. The van der Waals surface area contributed by atoms with Crippen molar-refractivity contribution in [3.05, 3.63) is 75.4 Å². The Balaban J connectivity index is 1.64.